The zero-order chi connectivity index (χ0) is 32.8. The van der Waals surface area contributed by atoms with Crippen LogP contribution < -0.4 is 0 Å². The van der Waals surface area contributed by atoms with Gasteiger partial charge in [-0.05, 0) is 58.8 Å². The van der Waals surface area contributed by atoms with Gasteiger partial charge in [-0.2, -0.15) is 12.1 Å². The quantitative estimate of drug-likeness (QED) is 0.120. The van der Waals surface area contributed by atoms with E-state index >= 15 is 0 Å². The molecular weight excluding hydrogens is 743 g/mol. The third kappa shape index (κ3) is 10.7. The average Bonchev–Trinajstić information content (AvgIpc) is 3.84. The molecular formula is C46H56Cl2SiZr-4. The van der Waals surface area contributed by atoms with Crippen LogP contribution >= 0.6 is 24.8 Å². The van der Waals surface area contributed by atoms with Crippen LogP contribution in [-0.4, -0.2) is 6.88 Å². The Kier molecular flexibility index (Phi) is 19.0. The normalized spacial score (nSPS) is 12.9. The molecule has 1 aliphatic carbocycles. The Morgan fingerprint density at radius 1 is 0.720 bits per heavy atom. The number of benzene rings is 4. The van der Waals surface area contributed by atoms with Gasteiger partial charge < -0.3 is 14.9 Å². The first-order valence-electron chi connectivity index (χ1n) is 17.0. The Hall–Kier alpha value is -2.22. The summed E-state index contributed by atoms with van der Waals surface area (Å²) >= 11 is 1.36. The topological polar surface area (TPSA) is 0 Å². The van der Waals surface area contributed by atoms with Crippen molar-refractivity contribution in [3.05, 3.63) is 146 Å². The van der Waals surface area contributed by atoms with Crippen molar-refractivity contribution >= 4 is 53.2 Å². The van der Waals surface area contributed by atoms with E-state index in [1.54, 1.807) is 5.56 Å². The minimum atomic E-state index is 0. The van der Waals surface area contributed by atoms with E-state index in [-0.39, 0.29) is 45.1 Å². The predicted octanol–water partition coefficient (Wildman–Crippen LogP) is 14.6. The molecule has 2 radical (unpaired) electrons. The van der Waals surface area contributed by atoms with Crippen LogP contribution in [0.25, 0.3) is 43.8 Å². The van der Waals surface area contributed by atoms with E-state index in [4.69, 9.17) is 0 Å². The van der Waals surface area contributed by atoms with Gasteiger partial charge >= 0.3 is 30.2 Å². The molecule has 1 fully saturated rings. The summed E-state index contributed by atoms with van der Waals surface area (Å²) in [5, 5.41) is 5.52. The van der Waals surface area contributed by atoms with Gasteiger partial charge in [-0.15, -0.1) is 93.9 Å². The van der Waals surface area contributed by atoms with Gasteiger partial charge in [0.2, 0.25) is 0 Å². The van der Waals surface area contributed by atoms with Crippen molar-refractivity contribution in [3.63, 3.8) is 0 Å². The van der Waals surface area contributed by atoms with E-state index < -0.39 is 0 Å². The van der Waals surface area contributed by atoms with E-state index in [1.807, 2.05) is 0 Å². The standard InChI is InChI=1S/C24H27.C20H21.2CH3.2ClH.Si.Zr/c1-24(2,3)21-13-11-18(12-14-21)22-10-6-9-19-15-20(16-23(19)22)17-7-4-5-8-17;1-4-15(3)16-8-10-17(11-9-16)19-7-5-6-18-12-14(2)13-20(18)19;;;;;;/h6,9-17H,4-5,7-8H2,1-3H3;5-13,15H,4H2,1-3H3;2*1H3;2*1H;;/q4*-1;;;;. The van der Waals surface area contributed by atoms with E-state index in [2.05, 4.69) is 158 Å². The summed E-state index contributed by atoms with van der Waals surface area (Å²) in [6.07, 6.45) is 6.72. The van der Waals surface area contributed by atoms with Crippen LogP contribution in [0.3, 0.4) is 0 Å². The summed E-state index contributed by atoms with van der Waals surface area (Å²) in [5.41, 5.74) is 11.3. The number of fused-ring (bicyclic) bond motifs is 2. The van der Waals surface area contributed by atoms with Crippen molar-refractivity contribution in [2.24, 2.45) is 0 Å². The van der Waals surface area contributed by atoms with Crippen LogP contribution in [0, 0.1) is 21.8 Å². The summed E-state index contributed by atoms with van der Waals surface area (Å²) in [5.74, 6) is 1.43. The number of halogens is 2. The second kappa shape index (κ2) is 20.7. The van der Waals surface area contributed by atoms with E-state index in [9.17, 15) is 0 Å². The summed E-state index contributed by atoms with van der Waals surface area (Å²) in [6, 6.07) is 41.0. The molecule has 1 aliphatic rings. The molecule has 0 aromatic heterocycles. The Morgan fingerprint density at radius 3 is 1.70 bits per heavy atom. The molecule has 1 saturated carbocycles. The molecule has 1 unspecified atom stereocenters. The van der Waals surface area contributed by atoms with Crippen molar-refractivity contribution in [2.75, 3.05) is 0 Å². The van der Waals surface area contributed by atoms with E-state index in [1.165, 1.54) is 116 Å². The van der Waals surface area contributed by atoms with Crippen molar-refractivity contribution in [1.82, 2.24) is 0 Å². The van der Waals surface area contributed by atoms with Crippen molar-refractivity contribution in [2.45, 2.75) is 90.9 Å². The molecule has 4 heteroatoms. The van der Waals surface area contributed by atoms with Crippen molar-refractivity contribution in [3.8, 4) is 22.3 Å². The minimum absolute atomic E-state index is 0. The Labute approximate surface area is 333 Å². The molecule has 1 atom stereocenters. The summed E-state index contributed by atoms with van der Waals surface area (Å²) in [6.45, 7) is 16.6. The van der Waals surface area contributed by atoms with Crippen LogP contribution in [0.15, 0.2) is 109 Å². The number of aryl methyl sites for hydroxylation is 1. The third-order valence-electron chi connectivity index (χ3n) is 9.96. The third-order valence-corrected chi connectivity index (χ3v) is 9.96. The Bertz CT molecular complexity index is 1870. The average molecular weight is 799 g/mol. The Balaban J connectivity index is 0.000000448. The number of hydrogen-bond donors (Lipinski definition) is 0. The SMILES string of the molecule is CC(C)(C)c1ccc(-c2cccc3[cH-]c(C4CCCC4)cc23)cc1.CCC(C)c1ccc(-c2cccc3[cH-]c(C)cc23)cc1.Cl.Cl.[CH3-].[CH3-].[Si]=[Zr]. The zero-order valence-corrected chi connectivity index (χ0v) is 36.5. The maximum atomic E-state index is 3.06. The van der Waals surface area contributed by atoms with Gasteiger partial charge in [0, 0.05) is 0 Å². The predicted molar refractivity (Wildman–Crippen MR) is 226 cm³/mol. The molecule has 0 nitrogen and oxygen atoms in total. The number of hydrogen-bond acceptors (Lipinski definition) is 0. The summed E-state index contributed by atoms with van der Waals surface area (Å²) in [4.78, 5) is 0. The molecule has 0 N–H and O–H groups in total. The van der Waals surface area contributed by atoms with Crippen LogP contribution in [-0.2, 0) is 28.8 Å². The fourth-order valence-corrected chi connectivity index (χ4v) is 7.02. The molecule has 0 saturated heterocycles. The van der Waals surface area contributed by atoms with Gasteiger partial charge in [0.1, 0.15) is 0 Å². The van der Waals surface area contributed by atoms with Crippen molar-refractivity contribution in [1.29, 1.82) is 0 Å². The van der Waals surface area contributed by atoms with E-state index in [0.717, 1.165) is 5.92 Å². The molecule has 0 spiro atoms. The van der Waals surface area contributed by atoms with Gasteiger partial charge in [-0.25, -0.2) is 0 Å². The van der Waals surface area contributed by atoms with Crippen LogP contribution in [0.2, 0.25) is 0 Å². The molecule has 7 rings (SSSR count). The Morgan fingerprint density at radius 2 is 1.20 bits per heavy atom. The molecule has 0 heterocycles. The second-order valence-corrected chi connectivity index (χ2v) is 14.2. The molecule has 0 amide bonds. The van der Waals surface area contributed by atoms with Crippen molar-refractivity contribution < 1.29 is 23.3 Å². The van der Waals surface area contributed by atoms with Crippen LogP contribution in [0.5, 0.6) is 0 Å². The first kappa shape index (κ1) is 45.8. The zero-order valence-electron chi connectivity index (χ0n) is 31.4. The molecule has 0 bridgehead atoms. The summed E-state index contributed by atoms with van der Waals surface area (Å²) < 4.78 is 0. The van der Waals surface area contributed by atoms with E-state index in [0.29, 0.717) is 5.92 Å². The fraction of sp³-hybridized carbons (Fsp3) is 0.304. The van der Waals surface area contributed by atoms with Gasteiger partial charge in [0.05, 0.1) is 0 Å². The van der Waals surface area contributed by atoms with Gasteiger partial charge in [0.25, 0.3) is 0 Å². The molecule has 50 heavy (non-hydrogen) atoms. The van der Waals surface area contributed by atoms with Gasteiger partial charge in [-0.1, -0.05) is 126 Å². The van der Waals surface area contributed by atoms with Crippen LogP contribution in [0.4, 0.5) is 0 Å². The van der Waals surface area contributed by atoms with Gasteiger partial charge in [0.15, 0.2) is 0 Å². The first-order chi connectivity index (χ1) is 22.2. The maximum absolute atomic E-state index is 3.06. The van der Waals surface area contributed by atoms with Crippen LogP contribution in [0.1, 0.15) is 101 Å². The fourth-order valence-electron chi connectivity index (χ4n) is 7.02. The second-order valence-electron chi connectivity index (χ2n) is 14.2. The molecule has 0 aliphatic heterocycles. The monoisotopic (exact) mass is 796 g/mol. The summed E-state index contributed by atoms with van der Waals surface area (Å²) in [7, 11) is 0. The molecule has 266 valence electrons. The molecule has 6 aromatic carbocycles. The molecule has 6 aromatic rings. The van der Waals surface area contributed by atoms with Gasteiger partial charge in [-0.3, -0.25) is 0 Å². The number of rotatable bonds is 5. The first-order valence-corrected chi connectivity index (χ1v) is 21.2.